The van der Waals surface area contributed by atoms with Gasteiger partial charge < -0.3 is 10.6 Å². The Morgan fingerprint density at radius 2 is 1.79 bits per heavy atom. The Kier molecular flexibility index (Phi) is 6.39. The molecule has 1 heterocycles. The third kappa shape index (κ3) is 5.48. The van der Waals surface area contributed by atoms with Gasteiger partial charge in [0.05, 0.1) is 12.1 Å². The second-order valence-electron chi connectivity index (χ2n) is 6.87. The second kappa shape index (κ2) is 8.96. The minimum atomic E-state index is -0.413. The highest BCUT2D eigenvalue weighted by molar-refractivity contribution is 7.13. The zero-order chi connectivity index (χ0) is 21.0. The number of hydrogen-bond acceptors (Lipinski definition) is 4. The van der Waals surface area contributed by atoms with E-state index in [-0.39, 0.29) is 18.2 Å². The van der Waals surface area contributed by atoms with Crippen LogP contribution in [0.4, 0.5) is 10.1 Å². The van der Waals surface area contributed by atoms with Gasteiger partial charge in [-0.25, -0.2) is 9.37 Å². The number of amides is 2. The largest absolute Gasteiger partial charge is 0.347 e. The number of nitrogens with one attached hydrogen (secondary N) is 2. The van der Waals surface area contributed by atoms with Gasteiger partial charge in [-0.05, 0) is 44.0 Å². The van der Waals surface area contributed by atoms with Gasteiger partial charge in [-0.1, -0.05) is 35.9 Å². The van der Waals surface area contributed by atoms with E-state index < -0.39 is 5.82 Å². The molecule has 150 valence electrons. The number of rotatable bonds is 6. The van der Waals surface area contributed by atoms with E-state index in [1.807, 2.05) is 31.2 Å². The number of nitrogens with zero attached hydrogens (tertiary/aromatic N) is 1. The molecule has 0 saturated heterocycles. The number of hydrogen-bond donors (Lipinski definition) is 2. The summed E-state index contributed by atoms with van der Waals surface area (Å²) in [6.07, 6.45) is 0.0205. The Balaban J connectivity index is 1.61. The Morgan fingerprint density at radius 1 is 1.07 bits per heavy atom. The molecular formula is C22H22FN3O2S. The van der Waals surface area contributed by atoms with E-state index in [4.69, 9.17) is 0 Å². The molecule has 1 aromatic heterocycles. The van der Waals surface area contributed by atoms with Crippen LogP contribution in [0.1, 0.15) is 37.1 Å². The second-order valence-corrected chi connectivity index (χ2v) is 7.96. The number of anilines is 1. The molecule has 7 heteroatoms. The van der Waals surface area contributed by atoms with Crippen molar-refractivity contribution in [1.82, 2.24) is 10.3 Å². The van der Waals surface area contributed by atoms with Crippen molar-refractivity contribution in [3.8, 4) is 0 Å². The Hall–Kier alpha value is -3.06. The maximum Gasteiger partial charge on any atom is 0.263 e. The van der Waals surface area contributed by atoms with Crippen LogP contribution in [0.25, 0.3) is 0 Å². The van der Waals surface area contributed by atoms with Crippen molar-refractivity contribution in [2.75, 3.05) is 5.32 Å². The van der Waals surface area contributed by atoms with Crippen LogP contribution in [0.2, 0.25) is 0 Å². The van der Waals surface area contributed by atoms with Crippen molar-refractivity contribution < 1.29 is 14.0 Å². The first kappa shape index (κ1) is 20.7. The van der Waals surface area contributed by atoms with Gasteiger partial charge in [0.15, 0.2) is 0 Å². The average molecular weight is 412 g/mol. The summed E-state index contributed by atoms with van der Waals surface area (Å²) in [7, 11) is 0. The summed E-state index contributed by atoms with van der Waals surface area (Å²) in [6.45, 7) is 5.97. The van der Waals surface area contributed by atoms with Crippen LogP contribution in [0.15, 0.2) is 42.5 Å². The lowest BCUT2D eigenvalue weighted by molar-refractivity contribution is -0.115. The summed E-state index contributed by atoms with van der Waals surface area (Å²) in [6, 6.07) is 12.2. The van der Waals surface area contributed by atoms with E-state index in [0.717, 1.165) is 16.7 Å². The Morgan fingerprint density at radius 3 is 2.52 bits per heavy atom. The first-order valence-corrected chi connectivity index (χ1v) is 9.99. The van der Waals surface area contributed by atoms with Crippen LogP contribution in [0, 0.1) is 26.6 Å². The highest BCUT2D eigenvalue weighted by atomic mass is 32.1. The molecule has 2 aromatic carbocycles. The predicted octanol–water partition coefficient (Wildman–Crippen LogP) is 4.32. The van der Waals surface area contributed by atoms with Crippen LogP contribution in [-0.2, 0) is 17.8 Å². The van der Waals surface area contributed by atoms with Gasteiger partial charge >= 0.3 is 0 Å². The lowest BCUT2D eigenvalue weighted by atomic mass is 10.1. The smallest absolute Gasteiger partial charge is 0.263 e. The molecule has 3 aromatic rings. The van der Waals surface area contributed by atoms with Crippen LogP contribution in [0.3, 0.4) is 0 Å². The topological polar surface area (TPSA) is 71.1 Å². The van der Waals surface area contributed by atoms with Crippen molar-refractivity contribution in [2.24, 2.45) is 0 Å². The number of thiazole rings is 1. The quantitative estimate of drug-likeness (QED) is 0.635. The third-order valence-electron chi connectivity index (χ3n) is 4.41. The van der Waals surface area contributed by atoms with Gasteiger partial charge in [0, 0.05) is 12.2 Å². The van der Waals surface area contributed by atoms with Crippen LogP contribution in [-0.4, -0.2) is 16.8 Å². The summed E-state index contributed by atoms with van der Waals surface area (Å²) in [5, 5.41) is 6.12. The molecule has 0 saturated carbocycles. The number of aromatic nitrogens is 1. The van der Waals surface area contributed by atoms with Gasteiger partial charge in [0.25, 0.3) is 5.91 Å². The fourth-order valence-corrected chi connectivity index (χ4v) is 3.75. The van der Waals surface area contributed by atoms with E-state index in [2.05, 4.69) is 15.6 Å². The monoisotopic (exact) mass is 411 g/mol. The van der Waals surface area contributed by atoms with Crippen molar-refractivity contribution in [1.29, 1.82) is 0 Å². The van der Waals surface area contributed by atoms with Gasteiger partial charge in [-0.2, -0.15) is 0 Å². The minimum absolute atomic E-state index is 0.0205. The maximum absolute atomic E-state index is 13.4. The molecule has 2 N–H and O–H groups in total. The Bertz CT molecular complexity index is 1040. The lowest BCUT2D eigenvalue weighted by Crippen LogP contribution is -2.22. The molecular weight excluding hydrogens is 389 g/mol. The summed E-state index contributed by atoms with van der Waals surface area (Å²) in [4.78, 5) is 29.6. The molecule has 0 bridgehead atoms. The standard InChI is InChI=1S/C22H22FN3O2S/c1-13-4-7-16(8-5-13)12-24-22(28)21-15(3)25-20(29-21)11-19(27)26-18-10-17(23)9-6-14(18)2/h4-10H,11-12H2,1-3H3,(H,24,28)(H,26,27). The number of carbonyl (C=O) groups is 2. The predicted molar refractivity (Wildman–Crippen MR) is 113 cm³/mol. The summed E-state index contributed by atoms with van der Waals surface area (Å²) >= 11 is 1.19. The number of halogens is 1. The number of carbonyl (C=O) groups excluding carboxylic acids is 2. The molecule has 0 radical (unpaired) electrons. The zero-order valence-corrected chi connectivity index (χ0v) is 17.3. The summed E-state index contributed by atoms with van der Waals surface area (Å²) in [5.41, 5.74) is 3.96. The highest BCUT2D eigenvalue weighted by Crippen LogP contribution is 2.20. The first-order valence-electron chi connectivity index (χ1n) is 9.18. The molecule has 3 rings (SSSR count). The van der Waals surface area contributed by atoms with Crippen molar-refractivity contribution in [2.45, 2.75) is 33.7 Å². The fourth-order valence-electron chi connectivity index (χ4n) is 2.77. The number of aryl methyl sites for hydroxylation is 3. The van der Waals surface area contributed by atoms with Crippen molar-refractivity contribution >= 4 is 28.8 Å². The Labute approximate surface area is 173 Å². The van der Waals surface area contributed by atoms with E-state index in [1.165, 1.54) is 23.5 Å². The molecule has 0 unspecified atom stereocenters. The SMILES string of the molecule is Cc1ccc(CNC(=O)c2sc(CC(=O)Nc3cc(F)ccc3C)nc2C)cc1. The van der Waals surface area contributed by atoms with Crippen molar-refractivity contribution in [3.63, 3.8) is 0 Å². The normalized spacial score (nSPS) is 10.6. The average Bonchev–Trinajstić information content (AvgIpc) is 3.04. The third-order valence-corrected chi connectivity index (χ3v) is 5.56. The highest BCUT2D eigenvalue weighted by Gasteiger charge is 2.17. The maximum atomic E-state index is 13.4. The molecule has 0 aliphatic rings. The molecule has 0 fully saturated rings. The molecule has 0 spiro atoms. The lowest BCUT2D eigenvalue weighted by Gasteiger charge is -2.07. The molecule has 29 heavy (non-hydrogen) atoms. The minimum Gasteiger partial charge on any atom is -0.347 e. The van der Waals surface area contributed by atoms with E-state index >= 15 is 0 Å². The van der Waals surface area contributed by atoms with E-state index in [9.17, 15) is 14.0 Å². The molecule has 2 amide bonds. The number of benzene rings is 2. The molecule has 0 aliphatic carbocycles. The summed E-state index contributed by atoms with van der Waals surface area (Å²) in [5.74, 6) is -0.934. The van der Waals surface area contributed by atoms with Crippen LogP contribution < -0.4 is 10.6 Å². The van der Waals surface area contributed by atoms with Crippen LogP contribution >= 0.6 is 11.3 Å². The van der Waals surface area contributed by atoms with Crippen molar-refractivity contribution in [3.05, 3.63) is 80.6 Å². The van der Waals surface area contributed by atoms with Crippen LogP contribution in [0.5, 0.6) is 0 Å². The fraction of sp³-hybridized carbons (Fsp3) is 0.227. The first-order chi connectivity index (χ1) is 13.8. The van der Waals surface area contributed by atoms with Gasteiger partial charge in [-0.3, -0.25) is 9.59 Å². The summed E-state index contributed by atoms with van der Waals surface area (Å²) < 4.78 is 13.4. The van der Waals surface area contributed by atoms with Gasteiger partial charge in [-0.15, -0.1) is 11.3 Å². The van der Waals surface area contributed by atoms with E-state index in [1.54, 1.807) is 19.9 Å². The van der Waals surface area contributed by atoms with E-state index in [0.29, 0.717) is 27.8 Å². The molecule has 0 aliphatic heterocycles. The van der Waals surface area contributed by atoms with Gasteiger partial charge in [0.1, 0.15) is 15.7 Å². The molecule has 5 nitrogen and oxygen atoms in total. The van der Waals surface area contributed by atoms with Gasteiger partial charge in [0.2, 0.25) is 5.91 Å². The zero-order valence-electron chi connectivity index (χ0n) is 16.5. The molecule has 0 atom stereocenters.